The monoisotopic (exact) mass is 499 g/mol. The SMILES string of the molecule is O=C(O)[C@]1(O)CC[C@@H](c2c(C3CCOCC3)n(-c3ccc(F)c(F)c3)c3cc4cn[nH]c4c(F)c23)C1. The highest BCUT2D eigenvalue weighted by atomic mass is 19.2. The molecule has 0 radical (unpaired) electrons. The van der Waals surface area contributed by atoms with Gasteiger partial charge >= 0.3 is 5.97 Å². The van der Waals surface area contributed by atoms with Crippen LogP contribution in [0.1, 0.15) is 55.2 Å². The molecule has 2 aromatic heterocycles. The Hall–Kier alpha value is -3.37. The number of fused-ring (bicyclic) bond motifs is 2. The normalized spacial score (nSPS) is 23.2. The summed E-state index contributed by atoms with van der Waals surface area (Å²) in [5, 5.41) is 27.8. The first-order valence-electron chi connectivity index (χ1n) is 12.0. The lowest BCUT2D eigenvalue weighted by Crippen LogP contribution is -2.35. The first-order chi connectivity index (χ1) is 17.3. The number of rotatable bonds is 4. The summed E-state index contributed by atoms with van der Waals surface area (Å²) in [5.74, 6) is -4.42. The molecule has 1 aliphatic heterocycles. The fraction of sp³-hybridized carbons (Fsp3) is 0.385. The van der Waals surface area contributed by atoms with Crippen LogP contribution < -0.4 is 0 Å². The predicted molar refractivity (Wildman–Crippen MR) is 125 cm³/mol. The molecule has 0 bridgehead atoms. The van der Waals surface area contributed by atoms with E-state index < -0.39 is 34.9 Å². The van der Waals surface area contributed by atoms with Gasteiger partial charge in [-0.1, -0.05) is 0 Å². The summed E-state index contributed by atoms with van der Waals surface area (Å²) in [7, 11) is 0. The number of aliphatic hydroxyl groups is 1. The fourth-order valence-electron chi connectivity index (χ4n) is 6.00. The average molecular weight is 499 g/mol. The summed E-state index contributed by atoms with van der Waals surface area (Å²) in [4.78, 5) is 11.8. The molecule has 2 atom stereocenters. The van der Waals surface area contributed by atoms with E-state index in [0.717, 1.165) is 17.8 Å². The number of hydrogen-bond donors (Lipinski definition) is 3. The summed E-state index contributed by atoms with van der Waals surface area (Å²) in [5.41, 5.74) is 0.403. The van der Waals surface area contributed by atoms with Gasteiger partial charge < -0.3 is 19.5 Å². The van der Waals surface area contributed by atoms with E-state index >= 15 is 4.39 Å². The highest BCUT2D eigenvalue weighted by molar-refractivity contribution is 6.00. The Morgan fingerprint density at radius 3 is 2.58 bits per heavy atom. The predicted octanol–water partition coefficient (Wildman–Crippen LogP) is 4.90. The molecular weight excluding hydrogens is 475 g/mol. The van der Waals surface area contributed by atoms with E-state index in [1.54, 1.807) is 10.6 Å². The van der Waals surface area contributed by atoms with E-state index in [1.165, 1.54) is 12.3 Å². The van der Waals surface area contributed by atoms with Crippen LogP contribution in [0.3, 0.4) is 0 Å². The van der Waals surface area contributed by atoms with Gasteiger partial charge in [0.05, 0.1) is 11.7 Å². The number of benzene rings is 2. The largest absolute Gasteiger partial charge is 0.479 e. The van der Waals surface area contributed by atoms with Crippen LogP contribution in [0.4, 0.5) is 13.2 Å². The van der Waals surface area contributed by atoms with Crippen molar-refractivity contribution in [2.45, 2.75) is 49.5 Å². The number of nitrogens with zero attached hydrogens (tertiary/aromatic N) is 2. The summed E-state index contributed by atoms with van der Waals surface area (Å²) < 4.78 is 51.8. The molecule has 1 saturated carbocycles. The minimum absolute atomic E-state index is 0.0337. The van der Waals surface area contributed by atoms with E-state index in [9.17, 15) is 23.8 Å². The third kappa shape index (κ3) is 3.42. The van der Waals surface area contributed by atoms with Crippen molar-refractivity contribution >= 4 is 27.8 Å². The number of carboxylic acid groups (broad SMARTS) is 1. The first-order valence-corrected chi connectivity index (χ1v) is 12.0. The van der Waals surface area contributed by atoms with Crippen LogP contribution in [0, 0.1) is 17.5 Å². The molecule has 6 rings (SSSR count). The smallest absolute Gasteiger partial charge is 0.335 e. The highest BCUT2D eigenvalue weighted by Crippen LogP contribution is 2.50. The number of ether oxygens (including phenoxy) is 1. The third-order valence-corrected chi connectivity index (χ3v) is 7.75. The minimum atomic E-state index is -1.91. The molecule has 1 aliphatic carbocycles. The van der Waals surface area contributed by atoms with Crippen LogP contribution in [-0.4, -0.2) is 49.8 Å². The number of carbonyl (C=O) groups is 1. The number of aromatic amines is 1. The van der Waals surface area contributed by atoms with Gasteiger partial charge in [-0.05, 0) is 61.8 Å². The molecule has 10 heteroatoms. The van der Waals surface area contributed by atoms with Crippen LogP contribution in [0.2, 0.25) is 0 Å². The van der Waals surface area contributed by atoms with Crippen LogP contribution >= 0.6 is 0 Å². The van der Waals surface area contributed by atoms with Gasteiger partial charge in [-0.25, -0.2) is 18.0 Å². The molecule has 3 heterocycles. The first kappa shape index (κ1) is 23.1. The van der Waals surface area contributed by atoms with Crippen molar-refractivity contribution in [3.05, 3.63) is 59.2 Å². The fourth-order valence-corrected chi connectivity index (χ4v) is 6.00. The van der Waals surface area contributed by atoms with E-state index in [4.69, 9.17) is 4.74 Å². The molecule has 2 aromatic carbocycles. The van der Waals surface area contributed by atoms with Crippen LogP contribution in [-0.2, 0) is 9.53 Å². The summed E-state index contributed by atoms with van der Waals surface area (Å²) >= 11 is 0. The third-order valence-electron chi connectivity index (χ3n) is 7.75. The lowest BCUT2D eigenvalue weighted by Gasteiger charge is -2.27. The molecule has 188 valence electrons. The number of aromatic nitrogens is 3. The van der Waals surface area contributed by atoms with Crippen molar-refractivity contribution in [1.29, 1.82) is 0 Å². The number of aliphatic carboxylic acids is 1. The molecule has 0 unspecified atom stereocenters. The molecule has 2 aliphatic rings. The molecule has 2 fully saturated rings. The average Bonchev–Trinajstić information content (AvgIpc) is 3.58. The van der Waals surface area contributed by atoms with Crippen molar-refractivity contribution in [3.63, 3.8) is 0 Å². The van der Waals surface area contributed by atoms with Gasteiger partial charge in [-0.15, -0.1) is 0 Å². The van der Waals surface area contributed by atoms with Crippen LogP contribution in [0.5, 0.6) is 0 Å². The van der Waals surface area contributed by atoms with Gasteiger partial charge in [0.15, 0.2) is 23.1 Å². The molecule has 1 saturated heterocycles. The highest BCUT2D eigenvalue weighted by Gasteiger charge is 2.46. The van der Waals surface area contributed by atoms with E-state index in [-0.39, 0.29) is 29.7 Å². The maximum absolute atomic E-state index is 16.2. The molecule has 36 heavy (non-hydrogen) atoms. The second-order valence-corrected chi connectivity index (χ2v) is 9.81. The Morgan fingerprint density at radius 2 is 1.89 bits per heavy atom. The van der Waals surface area contributed by atoms with Crippen LogP contribution in [0.25, 0.3) is 27.5 Å². The Labute approximate surface area is 203 Å². The van der Waals surface area contributed by atoms with Gasteiger partial charge in [-0.3, -0.25) is 5.10 Å². The zero-order valence-electron chi connectivity index (χ0n) is 19.2. The van der Waals surface area contributed by atoms with Crippen molar-refractivity contribution < 1.29 is 32.9 Å². The minimum Gasteiger partial charge on any atom is -0.479 e. The van der Waals surface area contributed by atoms with E-state index in [2.05, 4.69) is 10.2 Å². The topological polar surface area (TPSA) is 100 Å². The Kier molecular flexibility index (Phi) is 5.34. The van der Waals surface area contributed by atoms with Crippen molar-refractivity contribution in [2.24, 2.45) is 0 Å². The summed E-state index contributed by atoms with van der Waals surface area (Å²) in [6.07, 6.45) is 3.05. The Bertz CT molecular complexity index is 1510. The number of hydrogen-bond acceptors (Lipinski definition) is 4. The quantitative estimate of drug-likeness (QED) is 0.371. The standard InChI is InChI=1S/C26H24F3N3O4/c27-17-2-1-16(10-18(17)28)32-19-9-15-12-30-31-23(15)22(29)21(19)20(24(32)13-4-7-36-8-5-13)14-3-6-26(35,11-14)25(33)34/h1-2,9-10,12-14,35H,3-8,11H2,(H,30,31)(H,33,34)/t14-,26+/m1/s1. The van der Waals surface area contributed by atoms with Crippen molar-refractivity contribution in [3.8, 4) is 5.69 Å². The number of carboxylic acids is 1. The van der Waals surface area contributed by atoms with Crippen LogP contribution in [0.15, 0.2) is 30.5 Å². The van der Waals surface area contributed by atoms with Gasteiger partial charge in [-0.2, -0.15) is 5.10 Å². The molecule has 0 amide bonds. The number of H-pyrrole nitrogens is 1. The summed E-state index contributed by atoms with van der Waals surface area (Å²) in [6, 6.07) is 5.32. The maximum atomic E-state index is 16.2. The number of halogens is 3. The van der Waals surface area contributed by atoms with Gasteiger partial charge in [0.1, 0.15) is 5.52 Å². The number of nitrogens with one attached hydrogen (secondary N) is 1. The zero-order chi connectivity index (χ0) is 25.2. The molecule has 4 aromatic rings. The van der Waals surface area contributed by atoms with Crippen molar-refractivity contribution in [1.82, 2.24) is 14.8 Å². The summed E-state index contributed by atoms with van der Waals surface area (Å²) in [6.45, 7) is 0.973. The second kappa shape index (κ2) is 8.35. The second-order valence-electron chi connectivity index (χ2n) is 9.81. The molecule has 7 nitrogen and oxygen atoms in total. The lowest BCUT2D eigenvalue weighted by molar-refractivity contribution is -0.157. The Morgan fingerprint density at radius 1 is 1.11 bits per heavy atom. The molecule has 0 spiro atoms. The van der Waals surface area contributed by atoms with Gasteiger partial charge in [0.2, 0.25) is 0 Å². The van der Waals surface area contributed by atoms with Crippen molar-refractivity contribution in [2.75, 3.05) is 13.2 Å². The maximum Gasteiger partial charge on any atom is 0.335 e. The zero-order valence-corrected chi connectivity index (χ0v) is 19.2. The Balaban J connectivity index is 1.70. The van der Waals surface area contributed by atoms with Gasteiger partial charge in [0, 0.05) is 47.4 Å². The molecular formula is C26H24F3N3O4. The van der Waals surface area contributed by atoms with E-state index in [0.29, 0.717) is 54.6 Å². The van der Waals surface area contributed by atoms with E-state index in [1.807, 2.05) is 0 Å². The lowest BCUT2D eigenvalue weighted by atomic mass is 9.85. The van der Waals surface area contributed by atoms with Gasteiger partial charge in [0.25, 0.3) is 0 Å². The molecule has 3 N–H and O–H groups in total.